The van der Waals surface area contributed by atoms with Crippen molar-refractivity contribution in [3.05, 3.63) is 41.2 Å². The van der Waals surface area contributed by atoms with E-state index in [4.69, 9.17) is 21.4 Å². The first-order valence-electron chi connectivity index (χ1n) is 5.83. The molecule has 0 saturated carbocycles. The van der Waals surface area contributed by atoms with Gasteiger partial charge in [0, 0.05) is 6.54 Å². The van der Waals surface area contributed by atoms with Crippen molar-refractivity contribution in [2.75, 3.05) is 0 Å². The molecule has 5 nitrogen and oxygen atoms in total. The Bertz CT molecular complexity index is 595. The molecule has 1 heterocycles. The molecule has 100 valence electrons. The highest BCUT2D eigenvalue weighted by Gasteiger charge is 2.09. The summed E-state index contributed by atoms with van der Waals surface area (Å²) in [5, 5.41) is 13.2. The molecular formula is C13H13ClN2O3. The molecule has 0 aliphatic carbocycles. The van der Waals surface area contributed by atoms with Gasteiger partial charge in [-0.05, 0) is 24.6 Å². The Morgan fingerprint density at radius 3 is 2.95 bits per heavy atom. The summed E-state index contributed by atoms with van der Waals surface area (Å²) in [4.78, 5) is 10.8. The van der Waals surface area contributed by atoms with Crippen LogP contribution in [0.4, 0.5) is 0 Å². The highest BCUT2D eigenvalue weighted by Crippen LogP contribution is 2.29. The average Bonchev–Trinajstić information content (AvgIpc) is 2.79. The largest absolute Gasteiger partial charge is 0.478 e. The number of aromatic nitrogens is 2. The van der Waals surface area contributed by atoms with Crippen molar-refractivity contribution in [1.29, 1.82) is 0 Å². The number of aromatic carboxylic acids is 1. The second kappa shape index (κ2) is 5.75. The molecule has 0 amide bonds. The lowest BCUT2D eigenvalue weighted by Gasteiger charge is -2.05. The van der Waals surface area contributed by atoms with Crippen LogP contribution in [0.3, 0.4) is 0 Å². The van der Waals surface area contributed by atoms with Gasteiger partial charge in [0.25, 0.3) is 0 Å². The molecule has 0 radical (unpaired) electrons. The highest BCUT2D eigenvalue weighted by molar-refractivity contribution is 6.32. The lowest BCUT2D eigenvalue weighted by Crippen LogP contribution is -1.96. The summed E-state index contributed by atoms with van der Waals surface area (Å²) in [6.45, 7) is 2.87. The summed E-state index contributed by atoms with van der Waals surface area (Å²) in [6, 6.07) is 4.33. The van der Waals surface area contributed by atoms with Crippen molar-refractivity contribution < 1.29 is 14.6 Å². The topological polar surface area (TPSA) is 64.3 Å². The Kier molecular flexibility index (Phi) is 4.06. The molecule has 0 saturated heterocycles. The van der Waals surface area contributed by atoms with Crippen LogP contribution in [0.15, 0.2) is 30.6 Å². The molecule has 1 N–H and O–H groups in total. The van der Waals surface area contributed by atoms with E-state index in [1.54, 1.807) is 17.1 Å². The number of nitrogens with zero attached hydrogens (tertiary/aromatic N) is 2. The van der Waals surface area contributed by atoms with Gasteiger partial charge >= 0.3 is 5.97 Å². The molecule has 0 aliphatic rings. The Balaban J connectivity index is 2.16. The van der Waals surface area contributed by atoms with E-state index in [0.717, 1.165) is 13.0 Å². The minimum Gasteiger partial charge on any atom is -0.478 e. The Labute approximate surface area is 115 Å². The molecule has 0 spiro atoms. The maximum Gasteiger partial charge on any atom is 0.335 e. The Hall–Kier alpha value is -2.01. The van der Waals surface area contributed by atoms with Gasteiger partial charge in [0.05, 0.1) is 23.0 Å². The summed E-state index contributed by atoms with van der Waals surface area (Å²) in [7, 11) is 0. The number of halogens is 1. The van der Waals surface area contributed by atoms with Crippen LogP contribution < -0.4 is 4.74 Å². The lowest BCUT2D eigenvalue weighted by molar-refractivity contribution is 0.0697. The molecule has 2 rings (SSSR count). The van der Waals surface area contributed by atoms with Gasteiger partial charge in [-0.15, -0.1) is 0 Å². The first kappa shape index (κ1) is 13.4. The fourth-order valence-corrected chi connectivity index (χ4v) is 1.81. The molecule has 1 aromatic heterocycles. The highest BCUT2D eigenvalue weighted by atomic mass is 35.5. The van der Waals surface area contributed by atoms with E-state index >= 15 is 0 Å². The summed E-state index contributed by atoms with van der Waals surface area (Å²) in [5.74, 6) is -0.0506. The number of ether oxygens (including phenoxy) is 1. The summed E-state index contributed by atoms with van der Waals surface area (Å²) >= 11 is 5.98. The fraction of sp³-hybridized carbons (Fsp3) is 0.231. The summed E-state index contributed by atoms with van der Waals surface area (Å²) in [5.41, 5.74) is 0.124. The van der Waals surface area contributed by atoms with Crippen molar-refractivity contribution in [2.24, 2.45) is 0 Å². The Morgan fingerprint density at radius 1 is 1.53 bits per heavy atom. The number of carboxylic acids is 1. The minimum atomic E-state index is -1.02. The van der Waals surface area contributed by atoms with Crippen LogP contribution in [-0.2, 0) is 6.54 Å². The molecule has 19 heavy (non-hydrogen) atoms. The summed E-state index contributed by atoms with van der Waals surface area (Å²) < 4.78 is 7.34. The number of benzene rings is 1. The molecule has 6 heteroatoms. The summed E-state index contributed by atoms with van der Waals surface area (Å²) in [6.07, 6.45) is 4.34. The fourth-order valence-electron chi connectivity index (χ4n) is 1.59. The number of carbonyl (C=O) groups is 1. The van der Waals surface area contributed by atoms with Gasteiger partial charge in [0.2, 0.25) is 0 Å². The van der Waals surface area contributed by atoms with E-state index in [-0.39, 0.29) is 10.6 Å². The van der Waals surface area contributed by atoms with E-state index in [1.807, 2.05) is 0 Å². The third-order valence-corrected chi connectivity index (χ3v) is 2.76. The smallest absolute Gasteiger partial charge is 0.335 e. The number of aryl methyl sites for hydroxylation is 1. The third kappa shape index (κ3) is 3.26. The molecule has 0 fully saturated rings. The monoisotopic (exact) mass is 280 g/mol. The standard InChI is InChI=1S/C13H13ClN2O3/c1-2-5-16-8-10(7-15-16)19-12-4-3-9(13(17)18)6-11(12)14/h3-4,6-8H,2,5H2,1H3,(H,17,18). The van der Waals surface area contributed by atoms with Crippen LogP contribution in [-0.4, -0.2) is 20.9 Å². The number of carboxylic acid groups (broad SMARTS) is 1. The van der Waals surface area contributed by atoms with E-state index in [2.05, 4.69) is 12.0 Å². The van der Waals surface area contributed by atoms with Crippen molar-refractivity contribution >= 4 is 17.6 Å². The zero-order chi connectivity index (χ0) is 13.8. The first-order valence-corrected chi connectivity index (χ1v) is 6.21. The zero-order valence-corrected chi connectivity index (χ0v) is 11.1. The van der Waals surface area contributed by atoms with Crippen LogP contribution in [0.2, 0.25) is 5.02 Å². The minimum absolute atomic E-state index is 0.124. The predicted octanol–water partition coefficient (Wildman–Crippen LogP) is 3.44. The van der Waals surface area contributed by atoms with Crippen LogP contribution in [0.25, 0.3) is 0 Å². The lowest BCUT2D eigenvalue weighted by atomic mass is 10.2. The van der Waals surface area contributed by atoms with Gasteiger partial charge in [-0.2, -0.15) is 5.10 Å². The van der Waals surface area contributed by atoms with Crippen LogP contribution in [0.5, 0.6) is 11.5 Å². The van der Waals surface area contributed by atoms with Crippen molar-refractivity contribution in [3.63, 3.8) is 0 Å². The Morgan fingerprint density at radius 2 is 2.32 bits per heavy atom. The molecule has 0 atom stereocenters. The molecule has 0 bridgehead atoms. The van der Waals surface area contributed by atoms with Crippen LogP contribution >= 0.6 is 11.6 Å². The van der Waals surface area contributed by atoms with Gasteiger partial charge in [-0.1, -0.05) is 18.5 Å². The van der Waals surface area contributed by atoms with E-state index < -0.39 is 5.97 Å². The predicted molar refractivity (Wildman–Crippen MR) is 71.0 cm³/mol. The zero-order valence-electron chi connectivity index (χ0n) is 10.3. The van der Waals surface area contributed by atoms with Crippen LogP contribution in [0, 0.1) is 0 Å². The second-order valence-electron chi connectivity index (χ2n) is 3.99. The normalized spacial score (nSPS) is 10.4. The van der Waals surface area contributed by atoms with Gasteiger partial charge < -0.3 is 9.84 Å². The first-order chi connectivity index (χ1) is 9.10. The quantitative estimate of drug-likeness (QED) is 0.911. The molecule has 0 unspecified atom stereocenters. The maximum absolute atomic E-state index is 10.8. The van der Waals surface area contributed by atoms with Crippen molar-refractivity contribution in [3.8, 4) is 11.5 Å². The number of rotatable bonds is 5. The SMILES string of the molecule is CCCn1cc(Oc2ccc(C(=O)O)cc2Cl)cn1. The van der Waals surface area contributed by atoms with E-state index in [9.17, 15) is 4.79 Å². The molecular weight excluding hydrogens is 268 g/mol. The van der Waals surface area contributed by atoms with Gasteiger partial charge in [0.1, 0.15) is 5.75 Å². The van der Waals surface area contributed by atoms with Crippen LogP contribution in [0.1, 0.15) is 23.7 Å². The van der Waals surface area contributed by atoms with Gasteiger partial charge in [0.15, 0.2) is 5.75 Å². The van der Waals surface area contributed by atoms with Gasteiger partial charge in [-0.25, -0.2) is 4.79 Å². The van der Waals surface area contributed by atoms with Gasteiger partial charge in [-0.3, -0.25) is 4.68 Å². The van der Waals surface area contributed by atoms with Crippen molar-refractivity contribution in [2.45, 2.75) is 19.9 Å². The third-order valence-electron chi connectivity index (χ3n) is 2.47. The van der Waals surface area contributed by atoms with Crippen molar-refractivity contribution in [1.82, 2.24) is 9.78 Å². The average molecular weight is 281 g/mol. The molecule has 0 aliphatic heterocycles. The van der Waals surface area contributed by atoms with E-state index in [0.29, 0.717) is 11.5 Å². The molecule has 2 aromatic rings. The number of hydrogen-bond donors (Lipinski definition) is 1. The van der Waals surface area contributed by atoms with E-state index in [1.165, 1.54) is 18.2 Å². The maximum atomic E-state index is 10.8. The molecule has 1 aromatic carbocycles. The second-order valence-corrected chi connectivity index (χ2v) is 4.40. The number of hydrogen-bond acceptors (Lipinski definition) is 3.